The maximum atomic E-state index is 13.0. The molecule has 0 heterocycles. The summed E-state index contributed by atoms with van der Waals surface area (Å²) in [5.74, 6) is -3.49. The predicted octanol–water partition coefficient (Wildman–Crippen LogP) is 1.93. The smallest absolute Gasteiger partial charge is 0.252 e. The molecule has 0 saturated heterocycles. The Balaban J connectivity index is 2.33. The van der Waals surface area contributed by atoms with Gasteiger partial charge in [-0.05, 0) is 12.8 Å². The molecular formula is C8H12BrF2NO. The first-order chi connectivity index (χ1) is 6.06. The van der Waals surface area contributed by atoms with Gasteiger partial charge in [0.2, 0.25) is 5.91 Å². The van der Waals surface area contributed by atoms with Gasteiger partial charge in [0.05, 0.1) is 5.33 Å². The molecule has 1 fully saturated rings. The maximum absolute atomic E-state index is 13.0. The maximum Gasteiger partial charge on any atom is 0.252 e. The summed E-state index contributed by atoms with van der Waals surface area (Å²) >= 11 is 2.95. The summed E-state index contributed by atoms with van der Waals surface area (Å²) in [6.07, 6.45) is 1.03. The molecule has 2 nitrogen and oxygen atoms in total. The van der Waals surface area contributed by atoms with Gasteiger partial charge in [-0.2, -0.15) is 0 Å². The van der Waals surface area contributed by atoms with Gasteiger partial charge in [-0.25, -0.2) is 8.78 Å². The summed E-state index contributed by atoms with van der Waals surface area (Å²) in [6, 6.07) is 0. The van der Waals surface area contributed by atoms with E-state index >= 15 is 0 Å². The Labute approximate surface area is 84.2 Å². The molecule has 1 aliphatic carbocycles. The van der Waals surface area contributed by atoms with Crippen LogP contribution >= 0.6 is 15.9 Å². The Morgan fingerprint density at radius 2 is 2.31 bits per heavy atom. The van der Waals surface area contributed by atoms with Gasteiger partial charge in [0, 0.05) is 18.9 Å². The minimum atomic E-state index is -2.58. The number of carbonyl (C=O) groups is 1. The zero-order valence-electron chi connectivity index (χ0n) is 7.16. The van der Waals surface area contributed by atoms with Gasteiger partial charge in [0.25, 0.3) is 5.92 Å². The molecule has 1 aliphatic rings. The van der Waals surface area contributed by atoms with Crippen molar-refractivity contribution in [3.05, 3.63) is 0 Å². The molecule has 1 rings (SSSR count). The van der Waals surface area contributed by atoms with Crippen LogP contribution in [0, 0.1) is 5.92 Å². The van der Waals surface area contributed by atoms with Crippen LogP contribution in [0.2, 0.25) is 0 Å². The van der Waals surface area contributed by atoms with Gasteiger partial charge < -0.3 is 5.32 Å². The number of amides is 1. The van der Waals surface area contributed by atoms with Gasteiger partial charge in [-0.3, -0.25) is 4.79 Å². The Morgan fingerprint density at radius 1 is 1.62 bits per heavy atom. The first-order valence-electron chi connectivity index (χ1n) is 4.27. The highest BCUT2D eigenvalue weighted by molar-refractivity contribution is 9.09. The lowest BCUT2D eigenvalue weighted by molar-refractivity contribution is -0.119. The second kappa shape index (κ2) is 4.35. The van der Waals surface area contributed by atoms with Crippen molar-refractivity contribution in [2.24, 2.45) is 5.92 Å². The third-order valence-electron chi connectivity index (χ3n) is 2.33. The van der Waals surface area contributed by atoms with Crippen LogP contribution in [-0.4, -0.2) is 23.7 Å². The summed E-state index contributed by atoms with van der Waals surface area (Å²) in [5.41, 5.74) is 0. The van der Waals surface area contributed by atoms with Crippen molar-refractivity contribution in [1.29, 1.82) is 0 Å². The van der Waals surface area contributed by atoms with E-state index in [1.807, 2.05) is 0 Å². The standard InChI is InChI=1S/C8H12BrF2NO/c9-4-7(13)12-5-6-2-1-3-8(6,10)11/h6H,1-5H2,(H,12,13). The second-order valence-electron chi connectivity index (χ2n) is 3.29. The molecule has 1 atom stereocenters. The van der Waals surface area contributed by atoms with E-state index in [1.165, 1.54) is 0 Å². The van der Waals surface area contributed by atoms with Crippen LogP contribution in [0.4, 0.5) is 8.78 Å². The first-order valence-corrected chi connectivity index (χ1v) is 5.39. The van der Waals surface area contributed by atoms with Crippen LogP contribution in [0.25, 0.3) is 0 Å². The molecule has 0 aromatic carbocycles. The van der Waals surface area contributed by atoms with Crippen LogP contribution in [0.5, 0.6) is 0 Å². The largest absolute Gasteiger partial charge is 0.355 e. The number of carbonyl (C=O) groups excluding carboxylic acids is 1. The summed E-state index contributed by atoms with van der Waals surface area (Å²) in [7, 11) is 0. The molecule has 1 N–H and O–H groups in total. The molecule has 0 spiro atoms. The van der Waals surface area contributed by atoms with E-state index in [1.54, 1.807) is 0 Å². The average Bonchev–Trinajstić information content (AvgIpc) is 2.41. The Bertz CT molecular complexity index is 199. The highest BCUT2D eigenvalue weighted by Crippen LogP contribution is 2.39. The van der Waals surface area contributed by atoms with Crippen molar-refractivity contribution >= 4 is 21.8 Å². The van der Waals surface area contributed by atoms with Crippen molar-refractivity contribution < 1.29 is 13.6 Å². The Morgan fingerprint density at radius 3 is 2.77 bits per heavy atom. The molecular weight excluding hydrogens is 244 g/mol. The molecule has 5 heteroatoms. The minimum Gasteiger partial charge on any atom is -0.355 e. The van der Waals surface area contributed by atoms with Crippen molar-refractivity contribution in [1.82, 2.24) is 5.32 Å². The van der Waals surface area contributed by atoms with E-state index in [-0.39, 0.29) is 24.2 Å². The highest BCUT2D eigenvalue weighted by atomic mass is 79.9. The Hall–Kier alpha value is -0.190. The van der Waals surface area contributed by atoms with Crippen LogP contribution in [0.1, 0.15) is 19.3 Å². The number of nitrogens with one attached hydrogen (secondary N) is 1. The Kier molecular flexibility index (Phi) is 3.64. The SMILES string of the molecule is O=C(CBr)NCC1CCCC1(F)F. The molecule has 0 aromatic heterocycles. The zero-order chi connectivity index (χ0) is 9.90. The first kappa shape index (κ1) is 10.9. The van der Waals surface area contributed by atoms with Gasteiger partial charge in [0.1, 0.15) is 0 Å². The quantitative estimate of drug-likeness (QED) is 0.768. The van der Waals surface area contributed by atoms with E-state index in [9.17, 15) is 13.6 Å². The number of hydrogen-bond acceptors (Lipinski definition) is 1. The fourth-order valence-corrected chi connectivity index (χ4v) is 1.73. The molecule has 1 amide bonds. The average molecular weight is 256 g/mol. The van der Waals surface area contributed by atoms with Gasteiger partial charge in [0.15, 0.2) is 0 Å². The molecule has 1 saturated carbocycles. The van der Waals surface area contributed by atoms with E-state index < -0.39 is 11.8 Å². The summed E-state index contributed by atoms with van der Waals surface area (Å²) in [4.78, 5) is 10.8. The third kappa shape index (κ3) is 2.90. The molecule has 13 heavy (non-hydrogen) atoms. The van der Waals surface area contributed by atoms with Gasteiger partial charge in [-0.15, -0.1) is 0 Å². The van der Waals surface area contributed by atoms with E-state index in [0.29, 0.717) is 12.8 Å². The van der Waals surface area contributed by atoms with Crippen LogP contribution in [-0.2, 0) is 4.79 Å². The molecule has 76 valence electrons. The van der Waals surface area contributed by atoms with Crippen molar-refractivity contribution in [2.45, 2.75) is 25.2 Å². The molecule has 0 aromatic rings. The molecule has 0 aliphatic heterocycles. The van der Waals surface area contributed by atoms with Gasteiger partial charge in [-0.1, -0.05) is 15.9 Å². The summed E-state index contributed by atoms with van der Waals surface area (Å²) < 4.78 is 26.0. The van der Waals surface area contributed by atoms with Crippen molar-refractivity contribution in [2.75, 3.05) is 11.9 Å². The highest BCUT2D eigenvalue weighted by Gasteiger charge is 2.43. The lowest BCUT2D eigenvalue weighted by Crippen LogP contribution is -2.35. The van der Waals surface area contributed by atoms with E-state index in [2.05, 4.69) is 21.2 Å². The normalized spacial score (nSPS) is 25.9. The van der Waals surface area contributed by atoms with Crippen LogP contribution < -0.4 is 5.32 Å². The number of halogens is 3. The predicted molar refractivity (Wildman–Crippen MR) is 49.1 cm³/mol. The number of hydrogen-bond donors (Lipinski definition) is 1. The molecule has 0 radical (unpaired) electrons. The van der Waals surface area contributed by atoms with Crippen molar-refractivity contribution in [3.63, 3.8) is 0 Å². The summed E-state index contributed by atoms with van der Waals surface area (Å²) in [6.45, 7) is 0.0947. The fraction of sp³-hybridized carbons (Fsp3) is 0.875. The zero-order valence-corrected chi connectivity index (χ0v) is 8.74. The van der Waals surface area contributed by atoms with E-state index in [4.69, 9.17) is 0 Å². The number of alkyl halides is 3. The lowest BCUT2D eigenvalue weighted by Gasteiger charge is -2.18. The molecule has 0 bridgehead atoms. The fourth-order valence-electron chi connectivity index (χ4n) is 1.54. The lowest BCUT2D eigenvalue weighted by atomic mass is 10.1. The summed E-state index contributed by atoms with van der Waals surface area (Å²) in [5, 5.41) is 2.64. The van der Waals surface area contributed by atoms with Gasteiger partial charge >= 0.3 is 0 Å². The minimum absolute atomic E-state index is 0.0398. The number of rotatable bonds is 3. The monoisotopic (exact) mass is 255 g/mol. The van der Waals surface area contributed by atoms with Crippen molar-refractivity contribution in [3.8, 4) is 0 Å². The van der Waals surface area contributed by atoms with Crippen LogP contribution in [0.15, 0.2) is 0 Å². The third-order valence-corrected chi connectivity index (χ3v) is 2.84. The molecule has 1 unspecified atom stereocenters. The second-order valence-corrected chi connectivity index (χ2v) is 3.85. The van der Waals surface area contributed by atoms with E-state index in [0.717, 1.165) is 0 Å². The topological polar surface area (TPSA) is 29.1 Å². The van der Waals surface area contributed by atoms with Crippen LogP contribution in [0.3, 0.4) is 0 Å².